The van der Waals surface area contributed by atoms with E-state index >= 15 is 0 Å². The van der Waals surface area contributed by atoms with E-state index in [-0.39, 0.29) is 6.04 Å². The molecule has 0 spiro atoms. The molecule has 1 fully saturated rings. The van der Waals surface area contributed by atoms with E-state index in [1.54, 1.807) is 0 Å². The molecular weight excluding hydrogens is 321 g/mol. The van der Waals surface area contributed by atoms with Gasteiger partial charge in [-0.15, -0.1) is 0 Å². The van der Waals surface area contributed by atoms with Gasteiger partial charge in [-0.1, -0.05) is 28.8 Å². The average Bonchev–Trinajstić information content (AvgIpc) is 2.38. The molecule has 2 nitrogen and oxygen atoms in total. The van der Waals surface area contributed by atoms with Crippen LogP contribution in [0.4, 0.5) is 19.0 Å². The van der Waals surface area contributed by atoms with Gasteiger partial charge in [-0.3, -0.25) is 0 Å². The molecule has 1 aliphatic rings. The van der Waals surface area contributed by atoms with Gasteiger partial charge in [0.1, 0.15) is 5.82 Å². The normalized spacial score (nSPS) is 24.3. The molecule has 0 aliphatic heterocycles. The number of hydrogen-bond acceptors (Lipinski definition) is 2. The maximum Gasteiger partial charge on any atom is 0.416 e. The minimum Gasteiger partial charge on any atom is -0.356 e. The zero-order valence-electron chi connectivity index (χ0n) is 10.6. The van der Waals surface area contributed by atoms with Gasteiger partial charge < -0.3 is 4.90 Å². The summed E-state index contributed by atoms with van der Waals surface area (Å²) in [7, 11) is 1.81. The summed E-state index contributed by atoms with van der Waals surface area (Å²) in [5.74, 6) is 0.381. The van der Waals surface area contributed by atoms with Crippen LogP contribution in [0.2, 0.25) is 0 Å². The molecule has 0 bridgehead atoms. The van der Waals surface area contributed by atoms with Gasteiger partial charge in [-0.25, -0.2) is 4.98 Å². The fraction of sp³-hybridized carbons (Fsp3) is 0.615. The molecular formula is C13H16BrF3N2. The molecule has 0 N–H and O–H groups in total. The maximum atomic E-state index is 12.7. The summed E-state index contributed by atoms with van der Waals surface area (Å²) in [5.41, 5.74) is -0.647. The number of hydrogen-bond donors (Lipinski definition) is 0. The molecule has 1 aliphatic carbocycles. The Kier molecular flexibility index (Phi) is 4.38. The van der Waals surface area contributed by atoms with Crippen LogP contribution in [0.5, 0.6) is 0 Å². The SMILES string of the molecule is CN(c1cc(C(F)(F)F)ccn1)C1CCCCC1Br. The smallest absolute Gasteiger partial charge is 0.356 e. The van der Waals surface area contributed by atoms with Crippen LogP contribution in [0, 0.1) is 0 Å². The number of rotatable bonds is 2. The number of alkyl halides is 4. The van der Waals surface area contributed by atoms with E-state index in [0.717, 1.165) is 37.8 Å². The van der Waals surface area contributed by atoms with Crippen molar-refractivity contribution in [2.75, 3.05) is 11.9 Å². The Morgan fingerprint density at radius 3 is 2.63 bits per heavy atom. The summed E-state index contributed by atoms with van der Waals surface area (Å²) in [6, 6.07) is 2.32. The zero-order chi connectivity index (χ0) is 14.0. The lowest BCUT2D eigenvalue weighted by atomic mass is 9.94. The van der Waals surface area contributed by atoms with E-state index < -0.39 is 11.7 Å². The van der Waals surface area contributed by atoms with Crippen LogP contribution in [0.3, 0.4) is 0 Å². The van der Waals surface area contributed by atoms with Crippen LogP contribution < -0.4 is 4.90 Å². The van der Waals surface area contributed by atoms with Gasteiger partial charge in [-0.2, -0.15) is 13.2 Å². The Labute approximate surface area is 119 Å². The molecule has 6 heteroatoms. The third-order valence-electron chi connectivity index (χ3n) is 3.58. The standard InChI is InChI=1S/C13H16BrF3N2/c1-19(11-5-3-2-4-10(11)14)12-8-9(6-7-18-12)13(15,16)17/h6-8,10-11H,2-5H2,1H3. The molecule has 19 heavy (non-hydrogen) atoms. The first-order valence-electron chi connectivity index (χ1n) is 6.30. The minimum absolute atomic E-state index is 0.199. The highest BCUT2D eigenvalue weighted by atomic mass is 79.9. The Balaban J connectivity index is 2.21. The summed E-state index contributed by atoms with van der Waals surface area (Å²) in [6.07, 6.45) is 1.20. The lowest BCUT2D eigenvalue weighted by molar-refractivity contribution is -0.137. The van der Waals surface area contributed by atoms with Crippen LogP contribution in [0.1, 0.15) is 31.2 Å². The van der Waals surface area contributed by atoms with Crippen LogP contribution in [0.25, 0.3) is 0 Å². The lowest BCUT2D eigenvalue weighted by Gasteiger charge is -2.36. The molecule has 1 heterocycles. The second kappa shape index (κ2) is 5.69. The fourth-order valence-electron chi connectivity index (χ4n) is 2.46. The molecule has 2 unspecified atom stereocenters. The van der Waals surface area contributed by atoms with Crippen LogP contribution in [-0.4, -0.2) is 22.9 Å². The van der Waals surface area contributed by atoms with Gasteiger partial charge in [-0.05, 0) is 25.0 Å². The second-order valence-corrected chi connectivity index (χ2v) is 6.06. The molecule has 106 valence electrons. The predicted octanol–water partition coefficient (Wildman–Crippen LogP) is 4.24. The Hall–Kier alpha value is -0.780. The first-order valence-corrected chi connectivity index (χ1v) is 7.21. The number of halogens is 4. The van der Waals surface area contributed by atoms with Crippen molar-refractivity contribution in [2.45, 2.75) is 42.7 Å². The van der Waals surface area contributed by atoms with Crippen LogP contribution in [0.15, 0.2) is 18.3 Å². The van der Waals surface area contributed by atoms with Gasteiger partial charge in [0.25, 0.3) is 0 Å². The van der Waals surface area contributed by atoms with E-state index in [0.29, 0.717) is 10.6 Å². The van der Waals surface area contributed by atoms with E-state index in [1.807, 2.05) is 11.9 Å². The second-order valence-electron chi connectivity index (χ2n) is 4.88. The van der Waals surface area contributed by atoms with Gasteiger partial charge in [0.15, 0.2) is 0 Å². The topological polar surface area (TPSA) is 16.1 Å². The summed E-state index contributed by atoms with van der Waals surface area (Å²) in [4.78, 5) is 6.23. The summed E-state index contributed by atoms with van der Waals surface area (Å²) in [5, 5.41) is 0. The molecule has 1 saturated carbocycles. The Morgan fingerprint density at radius 1 is 1.32 bits per heavy atom. The number of nitrogens with zero attached hydrogens (tertiary/aromatic N) is 2. The van der Waals surface area contributed by atoms with E-state index in [9.17, 15) is 13.2 Å². The molecule has 2 atom stereocenters. The van der Waals surface area contributed by atoms with E-state index in [4.69, 9.17) is 0 Å². The highest BCUT2D eigenvalue weighted by Gasteiger charge is 2.32. The van der Waals surface area contributed by atoms with Crippen molar-refractivity contribution in [1.82, 2.24) is 4.98 Å². The largest absolute Gasteiger partial charge is 0.416 e. The summed E-state index contributed by atoms with van der Waals surface area (Å²) < 4.78 is 38.1. The van der Waals surface area contributed by atoms with Crippen LogP contribution in [-0.2, 0) is 6.18 Å². The van der Waals surface area contributed by atoms with Crippen molar-refractivity contribution in [3.63, 3.8) is 0 Å². The Morgan fingerprint density at radius 2 is 2.00 bits per heavy atom. The van der Waals surface area contributed by atoms with Crippen molar-refractivity contribution < 1.29 is 13.2 Å². The molecule has 0 amide bonds. The van der Waals surface area contributed by atoms with Crippen molar-refractivity contribution >= 4 is 21.7 Å². The number of anilines is 1. The predicted molar refractivity (Wildman–Crippen MR) is 72.6 cm³/mol. The van der Waals surface area contributed by atoms with Crippen molar-refractivity contribution in [3.8, 4) is 0 Å². The van der Waals surface area contributed by atoms with Gasteiger partial charge >= 0.3 is 6.18 Å². The van der Waals surface area contributed by atoms with E-state index in [2.05, 4.69) is 20.9 Å². The third-order valence-corrected chi connectivity index (χ3v) is 4.65. The third kappa shape index (κ3) is 3.41. The maximum absolute atomic E-state index is 12.7. The fourth-order valence-corrected chi connectivity index (χ4v) is 3.40. The zero-order valence-corrected chi connectivity index (χ0v) is 12.2. The highest BCUT2D eigenvalue weighted by Crippen LogP contribution is 2.33. The molecule has 1 aromatic rings. The average molecular weight is 337 g/mol. The lowest BCUT2D eigenvalue weighted by Crippen LogP contribution is -2.41. The van der Waals surface area contributed by atoms with Crippen molar-refractivity contribution in [3.05, 3.63) is 23.9 Å². The molecule has 0 aromatic carbocycles. The van der Waals surface area contributed by atoms with Gasteiger partial charge in [0.2, 0.25) is 0 Å². The van der Waals surface area contributed by atoms with E-state index in [1.165, 1.54) is 6.20 Å². The van der Waals surface area contributed by atoms with Crippen LogP contribution >= 0.6 is 15.9 Å². The van der Waals surface area contributed by atoms with Gasteiger partial charge in [0.05, 0.1) is 5.56 Å². The summed E-state index contributed by atoms with van der Waals surface area (Å²) in [6.45, 7) is 0. The number of pyridine rings is 1. The highest BCUT2D eigenvalue weighted by molar-refractivity contribution is 9.09. The van der Waals surface area contributed by atoms with Crippen molar-refractivity contribution in [1.29, 1.82) is 0 Å². The van der Waals surface area contributed by atoms with Crippen molar-refractivity contribution in [2.24, 2.45) is 0 Å². The number of aromatic nitrogens is 1. The van der Waals surface area contributed by atoms with Gasteiger partial charge in [0, 0.05) is 24.1 Å². The monoisotopic (exact) mass is 336 g/mol. The molecule has 0 saturated heterocycles. The Bertz CT molecular complexity index is 436. The quantitative estimate of drug-likeness (QED) is 0.751. The summed E-state index contributed by atoms with van der Waals surface area (Å²) >= 11 is 3.62. The minimum atomic E-state index is -4.32. The molecule has 0 radical (unpaired) electrons. The first kappa shape index (κ1) is 14.6. The first-order chi connectivity index (χ1) is 8.89. The molecule has 2 rings (SSSR count). The molecule has 1 aromatic heterocycles.